The molecule has 1 aromatic heterocycles. The lowest BCUT2D eigenvalue weighted by Crippen LogP contribution is -1.94. The fourth-order valence-electron chi connectivity index (χ4n) is 1.30. The molecule has 2 nitrogen and oxygen atoms in total. The molecule has 1 aliphatic rings. The zero-order chi connectivity index (χ0) is 7.68. The lowest BCUT2D eigenvalue weighted by Gasteiger charge is -1.93. The van der Waals surface area contributed by atoms with Gasteiger partial charge in [0.1, 0.15) is 5.76 Å². The van der Waals surface area contributed by atoms with E-state index in [2.05, 4.69) is 15.9 Å². The molecule has 0 fully saturated rings. The molecule has 0 saturated carbocycles. The van der Waals surface area contributed by atoms with Crippen molar-refractivity contribution in [3.63, 3.8) is 0 Å². The van der Waals surface area contributed by atoms with Gasteiger partial charge in [-0.1, -0.05) is 0 Å². The predicted molar refractivity (Wildman–Crippen MR) is 44.6 cm³/mol. The smallest absolute Gasteiger partial charge is 0.169 e. The Morgan fingerprint density at radius 3 is 3.00 bits per heavy atom. The van der Waals surface area contributed by atoms with Crippen molar-refractivity contribution in [2.24, 2.45) is 0 Å². The van der Waals surface area contributed by atoms with Gasteiger partial charge in [0.2, 0.25) is 0 Å². The Balaban J connectivity index is 2.32. The summed E-state index contributed by atoms with van der Waals surface area (Å²) >= 11 is 3.31. The third-order valence-corrected chi connectivity index (χ3v) is 2.25. The molecule has 1 aliphatic heterocycles. The first-order valence-electron chi connectivity index (χ1n) is 3.71. The van der Waals surface area contributed by atoms with Crippen LogP contribution in [0, 0.1) is 0 Å². The second-order valence-electron chi connectivity index (χ2n) is 2.61. The van der Waals surface area contributed by atoms with Crippen LogP contribution in [-0.2, 0) is 17.6 Å². The summed E-state index contributed by atoms with van der Waals surface area (Å²) in [6, 6.07) is 2.03. The number of halogens is 1. The molecule has 0 aromatic carbocycles. The Labute approximate surface area is 73.7 Å². The maximum atomic E-state index is 5.42. The van der Waals surface area contributed by atoms with Gasteiger partial charge >= 0.3 is 0 Å². The molecule has 0 bridgehead atoms. The van der Waals surface area contributed by atoms with Crippen LogP contribution in [0.1, 0.15) is 11.3 Å². The monoisotopic (exact) mass is 216 g/mol. The summed E-state index contributed by atoms with van der Waals surface area (Å²) in [6.45, 7) is 1.60. The summed E-state index contributed by atoms with van der Waals surface area (Å²) in [5.74, 6) is 1.08. The fourth-order valence-corrected chi connectivity index (χ4v) is 1.77. The van der Waals surface area contributed by atoms with Crippen LogP contribution in [0.25, 0.3) is 0 Å². The van der Waals surface area contributed by atoms with E-state index in [-0.39, 0.29) is 0 Å². The molecule has 0 N–H and O–H groups in total. The Kier molecular flexibility index (Phi) is 2.00. The van der Waals surface area contributed by atoms with Crippen molar-refractivity contribution < 1.29 is 9.15 Å². The highest BCUT2D eigenvalue weighted by Crippen LogP contribution is 2.22. The van der Waals surface area contributed by atoms with Crippen molar-refractivity contribution in [2.45, 2.75) is 12.8 Å². The van der Waals surface area contributed by atoms with Crippen molar-refractivity contribution in [1.29, 1.82) is 0 Å². The Hall–Kier alpha value is -0.280. The van der Waals surface area contributed by atoms with Gasteiger partial charge in [0.05, 0.1) is 13.2 Å². The van der Waals surface area contributed by atoms with Crippen LogP contribution in [0.15, 0.2) is 15.2 Å². The number of fused-ring (bicyclic) bond motifs is 1. The molecule has 0 spiro atoms. The van der Waals surface area contributed by atoms with E-state index in [1.165, 1.54) is 5.56 Å². The lowest BCUT2D eigenvalue weighted by molar-refractivity contribution is 0.144. The molecule has 0 aliphatic carbocycles. The zero-order valence-electron chi connectivity index (χ0n) is 6.10. The molecule has 0 radical (unpaired) electrons. The van der Waals surface area contributed by atoms with E-state index >= 15 is 0 Å². The van der Waals surface area contributed by atoms with Gasteiger partial charge in [-0.3, -0.25) is 0 Å². The van der Waals surface area contributed by atoms with Crippen LogP contribution in [0.4, 0.5) is 0 Å². The normalized spacial score (nSPS) is 17.5. The fraction of sp³-hybridized carbons (Fsp3) is 0.500. The van der Waals surface area contributed by atoms with Crippen molar-refractivity contribution in [3.8, 4) is 0 Å². The highest BCUT2D eigenvalue weighted by atomic mass is 79.9. The number of ether oxygens (including phenoxy) is 1. The highest BCUT2D eigenvalue weighted by molar-refractivity contribution is 9.10. The van der Waals surface area contributed by atoms with Crippen LogP contribution in [0.5, 0.6) is 0 Å². The van der Waals surface area contributed by atoms with E-state index in [0.29, 0.717) is 0 Å². The topological polar surface area (TPSA) is 22.4 Å². The maximum Gasteiger partial charge on any atom is 0.169 e. The molecular formula is C8H9BrO2. The van der Waals surface area contributed by atoms with Crippen LogP contribution in [-0.4, -0.2) is 13.2 Å². The van der Waals surface area contributed by atoms with Crippen molar-refractivity contribution in [1.82, 2.24) is 0 Å². The van der Waals surface area contributed by atoms with Gasteiger partial charge in [-0.05, 0) is 34.0 Å². The second-order valence-corrected chi connectivity index (χ2v) is 3.39. The number of rotatable bonds is 0. The van der Waals surface area contributed by atoms with E-state index in [0.717, 1.165) is 36.5 Å². The predicted octanol–water partition coefficient (Wildman–Crippen LogP) is 2.16. The first-order valence-corrected chi connectivity index (χ1v) is 4.50. The minimum atomic E-state index is 0.785. The Bertz CT molecular complexity index is 231. The maximum absolute atomic E-state index is 5.42. The van der Waals surface area contributed by atoms with E-state index in [1.54, 1.807) is 0 Å². The summed E-state index contributed by atoms with van der Waals surface area (Å²) in [6.07, 6.45) is 1.88. The van der Waals surface area contributed by atoms with Crippen LogP contribution < -0.4 is 0 Å². The van der Waals surface area contributed by atoms with Crippen molar-refractivity contribution in [3.05, 3.63) is 22.1 Å². The van der Waals surface area contributed by atoms with E-state index in [1.807, 2.05) is 6.07 Å². The molecule has 2 heterocycles. The van der Waals surface area contributed by atoms with Gasteiger partial charge in [0.15, 0.2) is 4.67 Å². The molecule has 11 heavy (non-hydrogen) atoms. The van der Waals surface area contributed by atoms with Crippen LogP contribution in [0.2, 0.25) is 0 Å². The van der Waals surface area contributed by atoms with E-state index < -0.39 is 0 Å². The van der Waals surface area contributed by atoms with Crippen LogP contribution in [0.3, 0.4) is 0 Å². The first-order chi connectivity index (χ1) is 5.36. The third kappa shape index (κ3) is 1.49. The summed E-state index contributed by atoms with van der Waals surface area (Å²) in [7, 11) is 0. The highest BCUT2D eigenvalue weighted by Gasteiger charge is 2.12. The van der Waals surface area contributed by atoms with Gasteiger partial charge in [0.25, 0.3) is 0 Å². The molecule has 60 valence electrons. The SMILES string of the molecule is Brc1cc2c(o1)CCOCC2. The molecule has 0 atom stereocenters. The Morgan fingerprint density at radius 1 is 1.27 bits per heavy atom. The number of hydrogen-bond donors (Lipinski definition) is 0. The lowest BCUT2D eigenvalue weighted by atomic mass is 10.2. The number of furan rings is 1. The van der Waals surface area contributed by atoms with E-state index in [9.17, 15) is 0 Å². The zero-order valence-corrected chi connectivity index (χ0v) is 7.69. The van der Waals surface area contributed by atoms with Gasteiger partial charge in [-0.2, -0.15) is 0 Å². The quantitative estimate of drug-likeness (QED) is 0.664. The summed E-state index contributed by atoms with van der Waals surface area (Å²) in [4.78, 5) is 0. The third-order valence-electron chi connectivity index (χ3n) is 1.86. The summed E-state index contributed by atoms with van der Waals surface area (Å²) in [5.41, 5.74) is 1.29. The first kappa shape index (κ1) is 7.37. The van der Waals surface area contributed by atoms with Crippen molar-refractivity contribution >= 4 is 15.9 Å². The van der Waals surface area contributed by atoms with Crippen LogP contribution >= 0.6 is 15.9 Å². The Morgan fingerprint density at radius 2 is 2.09 bits per heavy atom. The minimum absolute atomic E-state index is 0.785. The molecule has 2 rings (SSSR count). The van der Waals surface area contributed by atoms with Crippen molar-refractivity contribution in [2.75, 3.05) is 13.2 Å². The molecule has 3 heteroatoms. The minimum Gasteiger partial charge on any atom is -0.454 e. The second kappa shape index (κ2) is 2.99. The molecule has 0 amide bonds. The largest absolute Gasteiger partial charge is 0.454 e. The molecular weight excluding hydrogens is 208 g/mol. The molecule has 1 aromatic rings. The van der Waals surface area contributed by atoms with Gasteiger partial charge in [-0.15, -0.1) is 0 Å². The molecule has 0 saturated heterocycles. The number of hydrogen-bond acceptors (Lipinski definition) is 2. The summed E-state index contributed by atoms with van der Waals surface area (Å²) in [5, 5.41) is 0. The van der Waals surface area contributed by atoms with Gasteiger partial charge in [-0.25, -0.2) is 0 Å². The van der Waals surface area contributed by atoms with Gasteiger partial charge in [0, 0.05) is 6.42 Å². The molecule has 0 unspecified atom stereocenters. The standard InChI is InChI=1S/C8H9BrO2/c9-8-5-6-1-3-10-4-2-7(6)11-8/h5H,1-4H2. The van der Waals surface area contributed by atoms with Gasteiger partial charge < -0.3 is 9.15 Å². The average Bonchev–Trinajstić information content (AvgIpc) is 2.17. The van der Waals surface area contributed by atoms with E-state index in [4.69, 9.17) is 9.15 Å². The summed E-state index contributed by atoms with van der Waals surface area (Å²) < 4.78 is 11.6. The average molecular weight is 217 g/mol.